The molecule has 0 radical (unpaired) electrons. The quantitative estimate of drug-likeness (QED) is 0.374. The van der Waals surface area contributed by atoms with Gasteiger partial charge < -0.3 is 24.3 Å². The second-order valence-corrected chi connectivity index (χ2v) is 12.2. The molecule has 0 aliphatic carbocycles. The SMILES string of the molecule is C=CC(=O)N1CCN(c2c(C#N)c(OC[C@@H]3CCN(C)C3)nc3c2CCN(c2cccc4cccc(C)c24)C3)C[C@@H]1CC#N. The van der Waals surface area contributed by atoms with Crippen molar-refractivity contribution in [3.8, 4) is 18.0 Å². The van der Waals surface area contributed by atoms with Crippen LogP contribution in [0.15, 0.2) is 49.1 Å². The van der Waals surface area contributed by atoms with Gasteiger partial charge in [0.25, 0.3) is 0 Å². The Balaban J connectivity index is 1.40. The summed E-state index contributed by atoms with van der Waals surface area (Å²) in [6.45, 7) is 11.1. The molecule has 4 heterocycles. The molecule has 6 rings (SSSR count). The lowest BCUT2D eigenvalue weighted by Gasteiger charge is -2.43. The summed E-state index contributed by atoms with van der Waals surface area (Å²) < 4.78 is 6.40. The van der Waals surface area contributed by atoms with Crippen molar-refractivity contribution in [3.63, 3.8) is 0 Å². The molecule has 0 spiro atoms. The van der Waals surface area contributed by atoms with Crippen LogP contribution in [0.4, 0.5) is 11.4 Å². The molecule has 2 aromatic carbocycles. The van der Waals surface area contributed by atoms with E-state index in [1.54, 1.807) is 4.90 Å². The Morgan fingerprint density at radius 3 is 2.66 bits per heavy atom. The van der Waals surface area contributed by atoms with Crippen LogP contribution in [0.2, 0.25) is 0 Å². The van der Waals surface area contributed by atoms with E-state index in [0.29, 0.717) is 50.1 Å². The largest absolute Gasteiger partial charge is 0.476 e. The van der Waals surface area contributed by atoms with Crippen molar-refractivity contribution in [2.75, 3.05) is 62.7 Å². The zero-order valence-electron chi connectivity index (χ0n) is 25.6. The third-order valence-corrected chi connectivity index (χ3v) is 9.37. The van der Waals surface area contributed by atoms with Crippen LogP contribution >= 0.6 is 0 Å². The minimum atomic E-state index is -0.299. The van der Waals surface area contributed by atoms with Crippen molar-refractivity contribution in [1.82, 2.24) is 14.8 Å². The summed E-state index contributed by atoms with van der Waals surface area (Å²) in [6.07, 6.45) is 3.29. The molecule has 3 aliphatic rings. The maximum atomic E-state index is 12.6. The van der Waals surface area contributed by atoms with E-state index in [-0.39, 0.29) is 18.4 Å². The number of likely N-dealkylation sites (tertiary alicyclic amines) is 1. The fourth-order valence-electron chi connectivity index (χ4n) is 7.17. The van der Waals surface area contributed by atoms with Crippen molar-refractivity contribution in [1.29, 1.82) is 10.5 Å². The molecule has 2 atom stereocenters. The van der Waals surface area contributed by atoms with Crippen molar-refractivity contribution >= 4 is 28.1 Å². The number of ether oxygens (including phenoxy) is 1. The molecular weight excluding hydrogens is 550 g/mol. The number of nitriles is 2. The van der Waals surface area contributed by atoms with E-state index in [2.05, 4.69) is 83.8 Å². The van der Waals surface area contributed by atoms with Crippen LogP contribution < -0.4 is 14.5 Å². The van der Waals surface area contributed by atoms with E-state index < -0.39 is 0 Å². The van der Waals surface area contributed by atoms with Gasteiger partial charge >= 0.3 is 0 Å². The summed E-state index contributed by atoms with van der Waals surface area (Å²) in [5.74, 6) is 0.596. The lowest BCUT2D eigenvalue weighted by molar-refractivity contribution is -0.128. The number of hydrogen-bond donors (Lipinski definition) is 0. The predicted octanol–water partition coefficient (Wildman–Crippen LogP) is 4.42. The highest BCUT2D eigenvalue weighted by atomic mass is 16.5. The molecule has 226 valence electrons. The molecule has 3 aromatic rings. The first-order chi connectivity index (χ1) is 21.4. The molecule has 2 saturated heterocycles. The molecule has 0 bridgehead atoms. The highest BCUT2D eigenvalue weighted by Gasteiger charge is 2.35. The van der Waals surface area contributed by atoms with E-state index in [9.17, 15) is 15.3 Å². The van der Waals surface area contributed by atoms with Crippen LogP contribution in [-0.4, -0.2) is 79.7 Å². The number of piperazine rings is 1. The number of benzene rings is 2. The maximum absolute atomic E-state index is 12.6. The first kappa shape index (κ1) is 29.5. The Bertz CT molecular complexity index is 1670. The van der Waals surface area contributed by atoms with Crippen molar-refractivity contribution in [2.24, 2.45) is 5.92 Å². The number of hydrogen-bond acceptors (Lipinski definition) is 8. The number of carbonyl (C=O) groups is 1. The Morgan fingerprint density at radius 2 is 1.93 bits per heavy atom. The summed E-state index contributed by atoms with van der Waals surface area (Å²) in [6, 6.07) is 17.2. The Labute approximate surface area is 259 Å². The molecular formula is C35H39N7O2. The van der Waals surface area contributed by atoms with E-state index in [1.165, 1.54) is 28.1 Å². The highest BCUT2D eigenvalue weighted by Crippen LogP contribution is 2.40. The lowest BCUT2D eigenvalue weighted by atomic mass is 9.95. The van der Waals surface area contributed by atoms with Gasteiger partial charge in [0.05, 0.1) is 43.1 Å². The summed E-state index contributed by atoms with van der Waals surface area (Å²) in [4.78, 5) is 26.3. The van der Waals surface area contributed by atoms with Crippen molar-refractivity contribution in [3.05, 3.63) is 71.4 Å². The van der Waals surface area contributed by atoms with Gasteiger partial charge in [0, 0.05) is 55.3 Å². The fourth-order valence-corrected chi connectivity index (χ4v) is 7.17. The van der Waals surface area contributed by atoms with E-state index in [4.69, 9.17) is 9.72 Å². The van der Waals surface area contributed by atoms with Crippen LogP contribution in [0.25, 0.3) is 10.8 Å². The first-order valence-electron chi connectivity index (χ1n) is 15.5. The van der Waals surface area contributed by atoms with E-state index in [1.807, 2.05) is 0 Å². The molecule has 0 unspecified atom stereocenters. The minimum Gasteiger partial charge on any atom is -0.476 e. The number of aryl methyl sites for hydroxylation is 1. The van der Waals surface area contributed by atoms with Crippen molar-refractivity contribution < 1.29 is 9.53 Å². The number of amides is 1. The summed E-state index contributed by atoms with van der Waals surface area (Å²) in [7, 11) is 2.12. The number of aromatic nitrogens is 1. The van der Waals surface area contributed by atoms with Gasteiger partial charge in [-0.3, -0.25) is 4.79 Å². The third kappa shape index (κ3) is 5.56. The molecule has 2 fully saturated rings. The van der Waals surface area contributed by atoms with Gasteiger partial charge in [0.15, 0.2) is 0 Å². The average molecular weight is 590 g/mol. The average Bonchev–Trinajstić information content (AvgIpc) is 3.47. The number of carbonyl (C=O) groups excluding carboxylic acids is 1. The van der Waals surface area contributed by atoms with Crippen LogP contribution in [0.3, 0.4) is 0 Å². The zero-order chi connectivity index (χ0) is 30.8. The van der Waals surface area contributed by atoms with Gasteiger partial charge in [-0.25, -0.2) is 4.98 Å². The second-order valence-electron chi connectivity index (χ2n) is 12.2. The molecule has 1 amide bonds. The topological polar surface area (TPSA) is 99.7 Å². The Hall–Kier alpha value is -4.60. The number of rotatable bonds is 7. The van der Waals surface area contributed by atoms with Crippen LogP contribution in [0.5, 0.6) is 5.88 Å². The van der Waals surface area contributed by atoms with Gasteiger partial charge in [-0.2, -0.15) is 10.5 Å². The van der Waals surface area contributed by atoms with E-state index >= 15 is 0 Å². The van der Waals surface area contributed by atoms with Gasteiger partial charge in [-0.05, 0) is 56.4 Å². The molecule has 0 saturated carbocycles. The molecule has 0 N–H and O–H groups in total. The molecule has 44 heavy (non-hydrogen) atoms. The molecule has 1 aromatic heterocycles. The monoisotopic (exact) mass is 589 g/mol. The summed E-state index contributed by atoms with van der Waals surface area (Å²) in [5, 5.41) is 22.6. The summed E-state index contributed by atoms with van der Waals surface area (Å²) in [5.41, 5.74) is 5.68. The normalized spacial score (nSPS) is 20.2. The van der Waals surface area contributed by atoms with E-state index in [0.717, 1.165) is 49.4 Å². The van der Waals surface area contributed by atoms with Gasteiger partial charge in [0.2, 0.25) is 11.8 Å². The van der Waals surface area contributed by atoms with Crippen molar-refractivity contribution in [2.45, 2.75) is 38.8 Å². The molecule has 9 heteroatoms. The smallest absolute Gasteiger partial charge is 0.246 e. The predicted molar refractivity (Wildman–Crippen MR) is 172 cm³/mol. The first-order valence-corrected chi connectivity index (χ1v) is 15.5. The minimum absolute atomic E-state index is 0.172. The number of anilines is 2. The lowest BCUT2D eigenvalue weighted by Crippen LogP contribution is -2.55. The molecule has 9 nitrogen and oxygen atoms in total. The molecule has 3 aliphatic heterocycles. The number of nitrogens with zero attached hydrogens (tertiary/aromatic N) is 7. The fraction of sp³-hybridized carbons (Fsp3) is 0.429. The zero-order valence-corrected chi connectivity index (χ0v) is 25.6. The summed E-state index contributed by atoms with van der Waals surface area (Å²) >= 11 is 0. The van der Waals surface area contributed by atoms with Gasteiger partial charge in [0.1, 0.15) is 11.6 Å². The standard InChI is InChI=1S/C35H39N7O2/c1-4-32(43)42-18-17-41(21-27(42)11-14-36)34-28-13-16-40(31-10-6-9-26-8-5-7-24(2)33(26)31)22-30(28)38-35(29(34)19-37)44-23-25-12-15-39(3)20-25/h4-10,25,27H,1,11-13,15-18,20-23H2,2-3H3/t25-,27+/m1/s1. The van der Waals surface area contributed by atoms with Gasteiger partial charge in [-0.15, -0.1) is 0 Å². The third-order valence-electron chi connectivity index (χ3n) is 9.37. The highest BCUT2D eigenvalue weighted by molar-refractivity contribution is 5.97. The Morgan fingerprint density at radius 1 is 1.11 bits per heavy atom. The Kier molecular flexibility index (Phi) is 8.41. The second kappa shape index (κ2) is 12.6. The number of pyridine rings is 1. The van der Waals surface area contributed by atoms with Crippen LogP contribution in [-0.2, 0) is 17.8 Å². The maximum Gasteiger partial charge on any atom is 0.246 e. The number of fused-ring (bicyclic) bond motifs is 2. The van der Waals surface area contributed by atoms with Gasteiger partial charge in [-0.1, -0.05) is 36.9 Å². The van der Waals surface area contributed by atoms with Crippen LogP contribution in [0.1, 0.15) is 35.2 Å². The van der Waals surface area contributed by atoms with Crippen LogP contribution in [0, 0.1) is 35.5 Å².